The second-order valence-electron chi connectivity index (χ2n) is 5.15. The summed E-state index contributed by atoms with van der Waals surface area (Å²) in [5, 5.41) is 3.03. The average Bonchev–Trinajstić information content (AvgIpc) is 2.94. The van der Waals surface area contributed by atoms with E-state index >= 15 is 0 Å². The number of H-pyrrole nitrogens is 1. The number of amides is 1. The SMILES string of the molecule is CCOc1ccc2nc(SCC(=O)Nc3cc(F)cc(F)c3)[nH]c2c1. The van der Waals surface area contributed by atoms with E-state index in [9.17, 15) is 13.6 Å². The van der Waals surface area contributed by atoms with Gasteiger partial charge in [0.2, 0.25) is 5.91 Å². The summed E-state index contributed by atoms with van der Waals surface area (Å²) in [6.07, 6.45) is 0. The lowest BCUT2D eigenvalue weighted by atomic mass is 10.3. The number of halogens is 2. The number of hydrogen-bond acceptors (Lipinski definition) is 4. The number of rotatable bonds is 6. The van der Waals surface area contributed by atoms with E-state index in [1.54, 1.807) is 0 Å². The van der Waals surface area contributed by atoms with Crippen LogP contribution in [0.4, 0.5) is 14.5 Å². The fourth-order valence-electron chi connectivity index (χ4n) is 2.25. The summed E-state index contributed by atoms with van der Waals surface area (Å²) in [7, 11) is 0. The van der Waals surface area contributed by atoms with Crippen molar-refractivity contribution in [3.05, 3.63) is 48.0 Å². The summed E-state index contributed by atoms with van der Waals surface area (Å²) in [5.74, 6) is -1.08. The number of imidazole rings is 1. The monoisotopic (exact) mass is 363 g/mol. The van der Waals surface area contributed by atoms with Gasteiger partial charge in [0, 0.05) is 17.8 Å². The molecule has 0 fully saturated rings. The van der Waals surface area contributed by atoms with Crippen molar-refractivity contribution in [3.63, 3.8) is 0 Å². The summed E-state index contributed by atoms with van der Waals surface area (Å²) in [6, 6.07) is 8.35. The Morgan fingerprint density at radius 3 is 2.72 bits per heavy atom. The lowest BCUT2D eigenvalue weighted by Gasteiger charge is -2.04. The molecule has 0 spiro atoms. The van der Waals surface area contributed by atoms with Crippen LogP contribution in [0.2, 0.25) is 0 Å². The third kappa shape index (κ3) is 4.48. The maximum atomic E-state index is 13.1. The van der Waals surface area contributed by atoms with E-state index in [4.69, 9.17) is 4.74 Å². The zero-order chi connectivity index (χ0) is 17.8. The number of ether oxygens (including phenoxy) is 1. The zero-order valence-corrected chi connectivity index (χ0v) is 14.1. The second kappa shape index (κ2) is 7.52. The smallest absolute Gasteiger partial charge is 0.234 e. The van der Waals surface area contributed by atoms with Gasteiger partial charge in [-0.05, 0) is 31.2 Å². The van der Waals surface area contributed by atoms with E-state index < -0.39 is 11.6 Å². The van der Waals surface area contributed by atoms with Gasteiger partial charge in [-0.3, -0.25) is 4.79 Å². The molecule has 0 aliphatic carbocycles. The molecule has 0 saturated carbocycles. The van der Waals surface area contributed by atoms with Crippen molar-refractivity contribution >= 4 is 34.4 Å². The van der Waals surface area contributed by atoms with Crippen LogP contribution in [0.1, 0.15) is 6.92 Å². The number of aromatic amines is 1. The van der Waals surface area contributed by atoms with Crippen molar-refractivity contribution in [2.45, 2.75) is 12.1 Å². The van der Waals surface area contributed by atoms with Crippen molar-refractivity contribution in [2.24, 2.45) is 0 Å². The molecule has 0 atom stereocenters. The molecule has 2 N–H and O–H groups in total. The molecule has 0 radical (unpaired) electrons. The Morgan fingerprint density at radius 2 is 2.00 bits per heavy atom. The van der Waals surface area contributed by atoms with Gasteiger partial charge in [-0.25, -0.2) is 13.8 Å². The molecular weight excluding hydrogens is 348 g/mol. The van der Waals surface area contributed by atoms with Gasteiger partial charge in [0.25, 0.3) is 0 Å². The van der Waals surface area contributed by atoms with Gasteiger partial charge in [0.05, 0.1) is 23.4 Å². The van der Waals surface area contributed by atoms with E-state index in [-0.39, 0.29) is 17.3 Å². The quantitative estimate of drug-likeness (QED) is 0.651. The summed E-state index contributed by atoms with van der Waals surface area (Å²) >= 11 is 1.19. The Balaban J connectivity index is 1.62. The summed E-state index contributed by atoms with van der Waals surface area (Å²) in [4.78, 5) is 19.4. The minimum absolute atomic E-state index is 0.0519. The summed E-state index contributed by atoms with van der Waals surface area (Å²) in [5.41, 5.74) is 1.65. The first-order valence-corrected chi connectivity index (χ1v) is 8.53. The maximum absolute atomic E-state index is 13.1. The lowest BCUT2D eigenvalue weighted by molar-refractivity contribution is -0.113. The lowest BCUT2D eigenvalue weighted by Crippen LogP contribution is -2.14. The molecule has 1 amide bonds. The van der Waals surface area contributed by atoms with Crippen LogP contribution in [-0.2, 0) is 4.79 Å². The molecule has 1 heterocycles. The number of carbonyl (C=O) groups excluding carboxylic acids is 1. The number of anilines is 1. The van der Waals surface area contributed by atoms with Crippen LogP contribution in [0, 0.1) is 11.6 Å². The standard InChI is InChI=1S/C17H15F2N3O2S/c1-2-24-13-3-4-14-15(8-13)22-17(21-14)25-9-16(23)20-12-6-10(18)5-11(19)7-12/h3-8H,2,9H2,1H3,(H,20,23)(H,21,22). The highest BCUT2D eigenvalue weighted by Crippen LogP contribution is 2.23. The van der Waals surface area contributed by atoms with E-state index in [0.717, 1.165) is 35.0 Å². The van der Waals surface area contributed by atoms with Crippen LogP contribution < -0.4 is 10.1 Å². The highest BCUT2D eigenvalue weighted by Gasteiger charge is 2.09. The first-order valence-electron chi connectivity index (χ1n) is 7.55. The average molecular weight is 363 g/mol. The first-order chi connectivity index (χ1) is 12.0. The molecule has 0 aliphatic rings. The molecule has 0 aliphatic heterocycles. The van der Waals surface area contributed by atoms with Gasteiger partial charge >= 0.3 is 0 Å². The highest BCUT2D eigenvalue weighted by molar-refractivity contribution is 7.99. The molecule has 3 rings (SSSR count). The van der Waals surface area contributed by atoms with Crippen molar-refractivity contribution in [1.82, 2.24) is 9.97 Å². The van der Waals surface area contributed by atoms with Gasteiger partial charge in [-0.2, -0.15) is 0 Å². The van der Waals surface area contributed by atoms with Gasteiger partial charge in [-0.1, -0.05) is 11.8 Å². The molecule has 3 aromatic rings. The molecule has 2 aromatic carbocycles. The van der Waals surface area contributed by atoms with Crippen molar-refractivity contribution < 1.29 is 18.3 Å². The third-order valence-corrected chi connectivity index (χ3v) is 4.10. The topological polar surface area (TPSA) is 67.0 Å². The van der Waals surface area contributed by atoms with Gasteiger partial charge in [0.1, 0.15) is 17.4 Å². The maximum Gasteiger partial charge on any atom is 0.234 e. The Labute approximate surface area is 146 Å². The molecule has 8 heteroatoms. The predicted molar refractivity (Wildman–Crippen MR) is 93.0 cm³/mol. The van der Waals surface area contributed by atoms with E-state index in [1.165, 1.54) is 11.8 Å². The molecular formula is C17H15F2N3O2S. The van der Waals surface area contributed by atoms with Crippen molar-refractivity contribution in [2.75, 3.05) is 17.7 Å². The number of aromatic nitrogens is 2. The molecule has 25 heavy (non-hydrogen) atoms. The number of fused-ring (bicyclic) bond motifs is 1. The Bertz CT molecular complexity index is 894. The largest absolute Gasteiger partial charge is 0.494 e. The van der Waals surface area contributed by atoms with Crippen LogP contribution in [-0.4, -0.2) is 28.2 Å². The fourth-order valence-corrected chi connectivity index (χ4v) is 2.93. The number of thioether (sulfide) groups is 1. The third-order valence-electron chi connectivity index (χ3n) is 3.23. The van der Waals surface area contributed by atoms with Crippen LogP contribution in [0.25, 0.3) is 11.0 Å². The second-order valence-corrected chi connectivity index (χ2v) is 6.11. The predicted octanol–water partition coefficient (Wildman–Crippen LogP) is 3.97. The van der Waals surface area contributed by atoms with Crippen LogP contribution in [0.15, 0.2) is 41.6 Å². The van der Waals surface area contributed by atoms with E-state index in [0.29, 0.717) is 11.8 Å². The fraction of sp³-hybridized carbons (Fsp3) is 0.176. The van der Waals surface area contributed by atoms with Gasteiger partial charge < -0.3 is 15.0 Å². The van der Waals surface area contributed by atoms with Crippen molar-refractivity contribution in [3.8, 4) is 5.75 Å². The number of carbonyl (C=O) groups is 1. The normalized spacial score (nSPS) is 10.8. The minimum Gasteiger partial charge on any atom is -0.494 e. The molecule has 0 unspecified atom stereocenters. The Hall–Kier alpha value is -2.61. The number of benzene rings is 2. The van der Waals surface area contributed by atoms with Crippen LogP contribution in [0.3, 0.4) is 0 Å². The number of hydrogen-bond donors (Lipinski definition) is 2. The van der Waals surface area contributed by atoms with Gasteiger partial charge in [0.15, 0.2) is 5.16 Å². The molecule has 5 nitrogen and oxygen atoms in total. The van der Waals surface area contributed by atoms with Crippen LogP contribution >= 0.6 is 11.8 Å². The number of nitrogens with zero attached hydrogens (tertiary/aromatic N) is 1. The Kier molecular flexibility index (Phi) is 5.18. The van der Waals surface area contributed by atoms with Gasteiger partial charge in [-0.15, -0.1) is 0 Å². The van der Waals surface area contributed by atoms with E-state index in [2.05, 4.69) is 15.3 Å². The highest BCUT2D eigenvalue weighted by atomic mass is 32.2. The molecule has 0 saturated heterocycles. The zero-order valence-electron chi connectivity index (χ0n) is 13.3. The number of nitrogens with one attached hydrogen (secondary N) is 2. The first kappa shape index (κ1) is 17.2. The van der Waals surface area contributed by atoms with Crippen LogP contribution in [0.5, 0.6) is 5.75 Å². The molecule has 1 aromatic heterocycles. The Morgan fingerprint density at radius 1 is 1.24 bits per heavy atom. The summed E-state index contributed by atoms with van der Waals surface area (Å²) in [6.45, 7) is 2.48. The van der Waals surface area contributed by atoms with E-state index in [1.807, 2.05) is 25.1 Å². The molecule has 130 valence electrons. The van der Waals surface area contributed by atoms with Crippen molar-refractivity contribution in [1.29, 1.82) is 0 Å². The summed E-state index contributed by atoms with van der Waals surface area (Å²) < 4.78 is 31.7. The minimum atomic E-state index is -0.745. The molecule has 0 bridgehead atoms.